The van der Waals surface area contributed by atoms with E-state index in [1.54, 1.807) is 24.3 Å². The first-order chi connectivity index (χ1) is 16.6. The van der Waals surface area contributed by atoms with Gasteiger partial charge >= 0.3 is 0 Å². The molecule has 1 aliphatic rings. The van der Waals surface area contributed by atoms with E-state index in [4.69, 9.17) is 9.57 Å². The minimum Gasteiger partial charge on any atom is -0.494 e. The number of azo groups is 1. The average Bonchev–Trinajstić information content (AvgIpc) is 3.12. The molecule has 0 saturated carbocycles. The number of sulfonamides is 1. The number of amides is 1. The second-order valence-electron chi connectivity index (χ2n) is 8.09. The van der Waals surface area contributed by atoms with Crippen molar-refractivity contribution in [3.05, 3.63) is 48.5 Å². The fourth-order valence-corrected chi connectivity index (χ4v) is 4.36. The van der Waals surface area contributed by atoms with Crippen molar-refractivity contribution in [1.29, 1.82) is 0 Å². The summed E-state index contributed by atoms with van der Waals surface area (Å²) in [7, 11) is -3.83. The van der Waals surface area contributed by atoms with Gasteiger partial charge in [0, 0.05) is 17.6 Å². The van der Waals surface area contributed by atoms with Gasteiger partial charge in [-0.1, -0.05) is 6.92 Å². The molecule has 0 radical (unpaired) electrons. The molecule has 0 unspecified atom stereocenters. The lowest BCUT2D eigenvalue weighted by atomic mass is 10.1. The van der Waals surface area contributed by atoms with Crippen molar-refractivity contribution in [1.82, 2.24) is 10.2 Å². The Bertz CT molecular complexity index is 1170. The number of hydrogen-bond acceptors (Lipinski definition) is 9. The highest BCUT2D eigenvalue weighted by molar-refractivity contribution is 7.89. The van der Waals surface area contributed by atoms with Crippen LogP contribution in [0, 0.1) is 5.92 Å². The van der Waals surface area contributed by atoms with Crippen molar-refractivity contribution >= 4 is 33.1 Å². The van der Waals surface area contributed by atoms with Gasteiger partial charge in [-0.3, -0.25) is 14.4 Å². The molecule has 12 heteroatoms. The van der Waals surface area contributed by atoms with Crippen LogP contribution in [-0.4, -0.2) is 45.0 Å². The van der Waals surface area contributed by atoms with Gasteiger partial charge in [-0.15, -0.1) is 0 Å². The third-order valence-corrected chi connectivity index (χ3v) is 6.86. The maximum Gasteiger partial charge on any atom is 0.258 e. The van der Waals surface area contributed by atoms with Gasteiger partial charge < -0.3 is 10.1 Å². The molecule has 188 valence electrons. The van der Waals surface area contributed by atoms with Gasteiger partial charge in [0.25, 0.3) is 5.91 Å². The maximum atomic E-state index is 12.6. The van der Waals surface area contributed by atoms with Crippen molar-refractivity contribution in [2.75, 3.05) is 11.9 Å². The van der Waals surface area contributed by atoms with Crippen molar-refractivity contribution in [2.24, 2.45) is 16.1 Å². The molecule has 0 aliphatic carbocycles. The van der Waals surface area contributed by atoms with Gasteiger partial charge in [0.1, 0.15) is 12.0 Å². The summed E-state index contributed by atoms with van der Waals surface area (Å²) in [6, 6.07) is 10.9. The Morgan fingerprint density at radius 1 is 1.11 bits per heavy atom. The summed E-state index contributed by atoms with van der Waals surface area (Å²) in [6.45, 7) is 7.40. The molecule has 0 bridgehead atoms. The molecule has 35 heavy (non-hydrogen) atoms. The summed E-state index contributed by atoms with van der Waals surface area (Å²) in [4.78, 5) is 29.9. The summed E-state index contributed by atoms with van der Waals surface area (Å²) >= 11 is 0. The number of nitrogens with zero attached hydrogens (tertiary/aromatic N) is 2. The van der Waals surface area contributed by atoms with Crippen LogP contribution >= 0.6 is 0 Å². The fraction of sp³-hybridized carbons (Fsp3) is 0.391. The largest absolute Gasteiger partial charge is 0.494 e. The molecule has 0 aromatic heterocycles. The van der Waals surface area contributed by atoms with Crippen LogP contribution in [-0.2, 0) is 24.4 Å². The molecule has 1 saturated heterocycles. The zero-order chi connectivity index (χ0) is 25.6. The van der Waals surface area contributed by atoms with Crippen LogP contribution in [0.4, 0.5) is 11.4 Å². The lowest BCUT2D eigenvalue weighted by Gasteiger charge is -2.16. The van der Waals surface area contributed by atoms with Crippen molar-refractivity contribution in [3.63, 3.8) is 0 Å². The van der Waals surface area contributed by atoms with Gasteiger partial charge in [0.2, 0.25) is 16.1 Å². The van der Waals surface area contributed by atoms with Crippen LogP contribution in [0.1, 0.15) is 27.7 Å². The molecule has 11 nitrogen and oxygen atoms in total. The number of rotatable bonds is 10. The maximum absolute atomic E-state index is 12.6. The van der Waals surface area contributed by atoms with E-state index >= 15 is 0 Å². The number of anilines is 1. The van der Waals surface area contributed by atoms with Gasteiger partial charge in [-0.05, 0) is 69.3 Å². The molecule has 0 spiro atoms. The summed E-state index contributed by atoms with van der Waals surface area (Å²) in [5.41, 5.74) is 3.51. The molecule has 3 N–H and O–H groups in total. The van der Waals surface area contributed by atoms with E-state index in [9.17, 15) is 18.0 Å². The third-order valence-electron chi connectivity index (χ3n) is 5.42. The number of hydrogen-bond donors (Lipinski definition) is 3. The Morgan fingerprint density at radius 2 is 1.77 bits per heavy atom. The molecule has 1 heterocycles. The number of ketones is 1. The number of carbonyl (C=O) groups excluding carboxylic acids is 2. The number of ether oxygens (including phenoxy) is 1. The van der Waals surface area contributed by atoms with E-state index in [-0.39, 0.29) is 22.5 Å². The number of benzene rings is 2. The fourth-order valence-electron chi connectivity index (χ4n) is 3.16. The Kier molecular flexibility index (Phi) is 8.67. The van der Waals surface area contributed by atoms with E-state index in [0.29, 0.717) is 18.0 Å². The Hall–Kier alpha value is -3.19. The first-order valence-corrected chi connectivity index (χ1v) is 12.6. The minimum atomic E-state index is -3.83. The van der Waals surface area contributed by atoms with Gasteiger partial charge in [0.05, 0.1) is 17.2 Å². The number of hydroxylamine groups is 1. The SMILES string of the molecule is CCOc1ccc(NC(=O)[C@@H](N=Nc2ccc(S(=O)(=O)N[C@H]3ON[C@@H](C)[C@H]3C)cc2)C(C)=O)cc1. The van der Waals surface area contributed by atoms with E-state index < -0.39 is 34.0 Å². The Morgan fingerprint density at radius 3 is 2.31 bits per heavy atom. The third kappa shape index (κ3) is 6.92. The number of nitrogens with one attached hydrogen (secondary N) is 3. The van der Waals surface area contributed by atoms with Crippen LogP contribution in [0.2, 0.25) is 0 Å². The molecular weight excluding hydrogens is 474 g/mol. The molecule has 1 amide bonds. The molecule has 1 fully saturated rings. The first-order valence-electron chi connectivity index (χ1n) is 11.1. The van der Waals surface area contributed by atoms with Gasteiger partial charge in [0.15, 0.2) is 5.78 Å². The highest BCUT2D eigenvalue weighted by Crippen LogP contribution is 2.22. The van der Waals surface area contributed by atoms with Crippen molar-refractivity contribution < 1.29 is 27.6 Å². The van der Waals surface area contributed by atoms with Crippen molar-refractivity contribution in [2.45, 2.75) is 50.9 Å². The monoisotopic (exact) mass is 503 g/mol. The van der Waals surface area contributed by atoms with Gasteiger partial charge in [-0.2, -0.15) is 20.4 Å². The zero-order valence-corrected chi connectivity index (χ0v) is 20.7. The first kappa shape index (κ1) is 26.4. The van der Waals surface area contributed by atoms with Gasteiger partial charge in [-0.25, -0.2) is 8.42 Å². The lowest BCUT2D eigenvalue weighted by molar-refractivity contribution is -0.126. The quantitative estimate of drug-likeness (QED) is 0.333. The van der Waals surface area contributed by atoms with E-state index in [0.717, 1.165) is 0 Å². The van der Waals surface area contributed by atoms with E-state index in [2.05, 4.69) is 25.7 Å². The Balaban J connectivity index is 1.65. The molecule has 1 aliphatic heterocycles. The van der Waals surface area contributed by atoms with Crippen molar-refractivity contribution in [3.8, 4) is 5.75 Å². The standard InChI is InChI=1S/C23H29N5O6S/c1-5-33-19-10-6-17(7-11-19)24-22(30)21(16(4)29)26-25-18-8-12-20(13-9-18)35(31,32)28-23-14(2)15(3)27-34-23/h6-15,21,23,27-28H,5H2,1-4H3,(H,24,30)/t14-,15+,21+,23+/m1/s1. The van der Waals surface area contributed by atoms with Crippen LogP contribution in [0.5, 0.6) is 5.75 Å². The zero-order valence-electron chi connectivity index (χ0n) is 19.9. The van der Waals surface area contributed by atoms with Crippen LogP contribution in [0.3, 0.4) is 0 Å². The predicted molar refractivity (Wildman–Crippen MR) is 129 cm³/mol. The second-order valence-corrected chi connectivity index (χ2v) is 9.81. The summed E-state index contributed by atoms with van der Waals surface area (Å²) in [5, 5.41) is 10.5. The van der Waals surface area contributed by atoms with E-state index in [1.165, 1.54) is 31.2 Å². The molecule has 3 rings (SSSR count). The molecule has 4 atom stereocenters. The second kappa shape index (κ2) is 11.5. The van der Waals surface area contributed by atoms with Crippen LogP contribution in [0.15, 0.2) is 63.7 Å². The lowest BCUT2D eigenvalue weighted by Crippen LogP contribution is -2.38. The topological polar surface area (TPSA) is 148 Å². The van der Waals surface area contributed by atoms with Crippen LogP contribution in [0.25, 0.3) is 0 Å². The normalized spacial score (nSPS) is 21.1. The highest BCUT2D eigenvalue weighted by Gasteiger charge is 2.34. The smallest absolute Gasteiger partial charge is 0.258 e. The average molecular weight is 504 g/mol. The summed E-state index contributed by atoms with van der Waals surface area (Å²) in [6.07, 6.45) is -0.695. The highest BCUT2D eigenvalue weighted by atomic mass is 32.2. The molecule has 2 aromatic rings. The summed E-state index contributed by atoms with van der Waals surface area (Å²) in [5.74, 6) is -0.531. The molecular formula is C23H29N5O6S. The number of Topliss-reactive ketones (excluding diaryl/α,β-unsaturated/α-hetero) is 1. The molecule has 2 aromatic carbocycles. The Labute approximate surface area is 204 Å². The van der Waals surface area contributed by atoms with E-state index in [1.807, 2.05) is 20.8 Å². The van der Waals surface area contributed by atoms with Crippen LogP contribution < -0.4 is 20.3 Å². The number of carbonyl (C=O) groups is 2. The predicted octanol–water partition coefficient (Wildman–Crippen LogP) is 2.93. The summed E-state index contributed by atoms with van der Waals surface area (Å²) < 4.78 is 33.2. The minimum absolute atomic E-state index is 0.00588.